The van der Waals surface area contributed by atoms with Crippen LogP contribution in [-0.2, 0) is 6.42 Å². The molecule has 0 aliphatic rings. The lowest BCUT2D eigenvalue weighted by molar-refractivity contribution is 0.893. The molecule has 0 unspecified atom stereocenters. The van der Waals surface area contributed by atoms with E-state index in [-0.39, 0.29) is 0 Å². The maximum atomic E-state index is 5.70. The molecule has 0 aliphatic heterocycles. The van der Waals surface area contributed by atoms with Gasteiger partial charge in [0, 0.05) is 0 Å². The van der Waals surface area contributed by atoms with Crippen molar-refractivity contribution < 1.29 is 0 Å². The molecule has 0 aliphatic carbocycles. The Morgan fingerprint density at radius 2 is 2.40 bits per heavy atom. The lowest BCUT2D eigenvalue weighted by Gasteiger charge is -1.90. The zero-order valence-corrected chi connectivity index (χ0v) is 6.57. The molecule has 0 saturated carbocycles. The van der Waals surface area contributed by atoms with Crippen LogP contribution in [0.5, 0.6) is 0 Å². The monoisotopic (exact) mass is 159 g/mol. The molecule has 0 radical (unpaired) electrons. The van der Waals surface area contributed by atoms with Crippen molar-refractivity contribution in [3.8, 4) is 0 Å². The van der Waals surface area contributed by atoms with Gasteiger partial charge in [0.1, 0.15) is 0 Å². The van der Waals surface area contributed by atoms with Crippen molar-refractivity contribution in [2.24, 2.45) is 0 Å². The lowest BCUT2D eigenvalue weighted by atomic mass is 10.3. The number of hydrogen-bond donors (Lipinski definition) is 2. The molecule has 0 fully saturated rings. The van der Waals surface area contributed by atoms with Gasteiger partial charge in [0.15, 0.2) is 11.1 Å². The van der Waals surface area contributed by atoms with Gasteiger partial charge in [-0.1, -0.05) is 24.9 Å². The van der Waals surface area contributed by atoms with E-state index >= 15 is 0 Å². The van der Waals surface area contributed by atoms with Gasteiger partial charge in [-0.05, 0) is 6.42 Å². The summed E-state index contributed by atoms with van der Waals surface area (Å²) in [4.78, 5) is 6.70. The average molecular weight is 160 g/mol. The number of H-pyrrole nitrogens is 1. The first-order valence-corrected chi connectivity index (χ1v) is 3.61. The minimum atomic E-state index is 0.397. The van der Waals surface area contributed by atoms with Gasteiger partial charge < -0.3 is 10.7 Å². The molecular formula is C6H10ClN3. The third kappa shape index (κ3) is 1.42. The number of nitrogens with one attached hydrogen (secondary N) is 1. The third-order valence-corrected chi connectivity index (χ3v) is 1.56. The van der Waals surface area contributed by atoms with Gasteiger partial charge in [-0.3, -0.25) is 0 Å². The molecule has 10 heavy (non-hydrogen) atoms. The fraction of sp³-hybridized carbons (Fsp3) is 0.500. The van der Waals surface area contributed by atoms with E-state index in [0.717, 1.165) is 18.5 Å². The zero-order valence-electron chi connectivity index (χ0n) is 5.82. The van der Waals surface area contributed by atoms with Crippen LogP contribution in [0.1, 0.15) is 19.0 Å². The summed E-state index contributed by atoms with van der Waals surface area (Å²) in [6.07, 6.45) is 1.95. The van der Waals surface area contributed by atoms with Crippen molar-refractivity contribution >= 4 is 17.5 Å². The Hall–Kier alpha value is -0.700. The van der Waals surface area contributed by atoms with Crippen molar-refractivity contribution in [2.75, 3.05) is 5.73 Å². The normalized spacial score (nSPS) is 10.2. The van der Waals surface area contributed by atoms with Crippen molar-refractivity contribution in [3.63, 3.8) is 0 Å². The Labute approximate surface area is 64.6 Å². The number of nitrogens with two attached hydrogens (primary N) is 1. The topological polar surface area (TPSA) is 54.7 Å². The first-order valence-electron chi connectivity index (χ1n) is 3.24. The van der Waals surface area contributed by atoms with E-state index < -0.39 is 0 Å². The highest BCUT2D eigenvalue weighted by Crippen LogP contribution is 2.14. The molecule has 1 heterocycles. The molecule has 0 bridgehead atoms. The Morgan fingerprint density at radius 1 is 1.70 bits per heavy atom. The molecule has 0 saturated heterocycles. The molecule has 0 spiro atoms. The van der Waals surface area contributed by atoms with Gasteiger partial charge in [0.25, 0.3) is 0 Å². The summed E-state index contributed by atoms with van der Waals surface area (Å²) in [6, 6.07) is 0. The summed E-state index contributed by atoms with van der Waals surface area (Å²) in [5, 5.41) is 0.499. The van der Waals surface area contributed by atoms with E-state index in [2.05, 4.69) is 16.9 Å². The number of aromatic nitrogens is 2. The van der Waals surface area contributed by atoms with Crippen LogP contribution in [0.3, 0.4) is 0 Å². The molecule has 3 N–H and O–H groups in total. The summed E-state index contributed by atoms with van der Waals surface area (Å²) in [7, 11) is 0. The molecule has 1 aromatic heterocycles. The van der Waals surface area contributed by atoms with Crippen molar-refractivity contribution in [2.45, 2.75) is 19.8 Å². The molecule has 0 amide bonds. The zero-order chi connectivity index (χ0) is 7.56. The van der Waals surface area contributed by atoms with Crippen LogP contribution in [-0.4, -0.2) is 9.97 Å². The van der Waals surface area contributed by atoms with Crippen molar-refractivity contribution in [1.82, 2.24) is 9.97 Å². The summed E-state index contributed by atoms with van der Waals surface area (Å²) in [6.45, 7) is 2.08. The number of anilines is 1. The summed E-state index contributed by atoms with van der Waals surface area (Å²) in [5.74, 6) is 0.397. The molecule has 1 rings (SSSR count). The van der Waals surface area contributed by atoms with E-state index in [4.69, 9.17) is 17.3 Å². The Kier molecular flexibility index (Phi) is 2.17. The predicted octanol–water partition coefficient (Wildman–Crippen LogP) is 1.60. The minimum Gasteiger partial charge on any atom is -0.369 e. The van der Waals surface area contributed by atoms with Crippen LogP contribution < -0.4 is 5.73 Å². The van der Waals surface area contributed by atoms with Gasteiger partial charge in [0.05, 0.1) is 5.69 Å². The Bertz CT molecular complexity index is 219. The van der Waals surface area contributed by atoms with E-state index in [1.807, 2.05) is 0 Å². The van der Waals surface area contributed by atoms with E-state index in [1.165, 1.54) is 0 Å². The largest absolute Gasteiger partial charge is 0.369 e. The van der Waals surface area contributed by atoms with Crippen LogP contribution in [0.25, 0.3) is 0 Å². The standard InChI is InChI=1S/C6H10ClN3/c1-2-3-4-5(7)10-6(8)9-4/h2-3H2,1H3,(H3,8,9,10). The quantitative estimate of drug-likeness (QED) is 0.689. The molecule has 1 aromatic rings. The van der Waals surface area contributed by atoms with Crippen LogP contribution in [0.15, 0.2) is 0 Å². The number of aromatic amines is 1. The van der Waals surface area contributed by atoms with Gasteiger partial charge >= 0.3 is 0 Å². The lowest BCUT2D eigenvalue weighted by Crippen LogP contribution is -1.87. The van der Waals surface area contributed by atoms with E-state index in [0.29, 0.717) is 11.1 Å². The van der Waals surface area contributed by atoms with Crippen LogP contribution in [0.2, 0.25) is 5.15 Å². The number of rotatable bonds is 2. The number of hydrogen-bond acceptors (Lipinski definition) is 2. The predicted molar refractivity (Wildman–Crippen MR) is 42.0 cm³/mol. The smallest absolute Gasteiger partial charge is 0.199 e. The highest BCUT2D eigenvalue weighted by atomic mass is 35.5. The SMILES string of the molecule is CCCc1[nH]c(N)nc1Cl. The van der Waals surface area contributed by atoms with Gasteiger partial charge in [0.2, 0.25) is 0 Å². The minimum absolute atomic E-state index is 0.397. The van der Waals surface area contributed by atoms with Gasteiger partial charge in [-0.2, -0.15) is 0 Å². The number of nitrogen functional groups attached to an aromatic ring is 1. The van der Waals surface area contributed by atoms with Crippen LogP contribution >= 0.6 is 11.6 Å². The van der Waals surface area contributed by atoms with Crippen LogP contribution in [0.4, 0.5) is 5.95 Å². The van der Waals surface area contributed by atoms with E-state index in [1.54, 1.807) is 0 Å². The van der Waals surface area contributed by atoms with Crippen LogP contribution in [0, 0.1) is 0 Å². The summed E-state index contributed by atoms with van der Waals surface area (Å²) in [5.41, 5.74) is 6.29. The second-order valence-corrected chi connectivity index (χ2v) is 2.50. The Morgan fingerprint density at radius 3 is 2.80 bits per heavy atom. The fourth-order valence-corrected chi connectivity index (χ4v) is 1.06. The fourth-order valence-electron chi connectivity index (χ4n) is 0.823. The van der Waals surface area contributed by atoms with Gasteiger partial charge in [-0.25, -0.2) is 4.98 Å². The van der Waals surface area contributed by atoms with E-state index in [9.17, 15) is 0 Å². The molecule has 3 nitrogen and oxygen atoms in total. The summed E-state index contributed by atoms with van der Waals surface area (Å²) >= 11 is 5.70. The molecule has 0 atom stereocenters. The third-order valence-electron chi connectivity index (χ3n) is 1.25. The van der Waals surface area contributed by atoms with Gasteiger partial charge in [-0.15, -0.1) is 0 Å². The van der Waals surface area contributed by atoms with Crippen molar-refractivity contribution in [3.05, 3.63) is 10.8 Å². The summed E-state index contributed by atoms with van der Waals surface area (Å²) < 4.78 is 0. The molecule has 56 valence electrons. The molecular weight excluding hydrogens is 150 g/mol. The second kappa shape index (κ2) is 2.92. The number of nitrogens with zero attached hydrogens (tertiary/aromatic N) is 1. The highest BCUT2D eigenvalue weighted by molar-refractivity contribution is 6.30. The number of aryl methyl sites for hydroxylation is 1. The first kappa shape index (κ1) is 7.41. The maximum Gasteiger partial charge on any atom is 0.199 e. The average Bonchev–Trinajstić information content (AvgIpc) is 2.13. The second-order valence-electron chi connectivity index (χ2n) is 2.14. The number of imidazole rings is 1. The first-order chi connectivity index (χ1) is 4.74. The Balaban J connectivity index is 2.81. The highest BCUT2D eigenvalue weighted by Gasteiger charge is 2.03. The maximum absolute atomic E-state index is 5.70. The van der Waals surface area contributed by atoms with Crippen molar-refractivity contribution in [1.29, 1.82) is 0 Å². The number of halogens is 1. The molecule has 0 aromatic carbocycles. The molecule has 4 heteroatoms.